The van der Waals surface area contributed by atoms with Crippen LogP contribution >= 0.6 is 31.9 Å². The Bertz CT molecular complexity index is 1050. The van der Waals surface area contributed by atoms with Gasteiger partial charge in [0.15, 0.2) is 6.61 Å². The van der Waals surface area contributed by atoms with Gasteiger partial charge in [-0.2, -0.15) is 10.4 Å². The number of rotatable bonds is 6. The predicted molar refractivity (Wildman–Crippen MR) is 112 cm³/mol. The van der Waals surface area contributed by atoms with Crippen LogP contribution in [0.15, 0.2) is 73.1 Å². The molecule has 0 aliphatic carbocycles. The van der Waals surface area contributed by atoms with Crippen molar-refractivity contribution in [3.63, 3.8) is 0 Å². The molecule has 28 heavy (non-hydrogen) atoms. The van der Waals surface area contributed by atoms with E-state index in [-0.39, 0.29) is 6.61 Å². The molecule has 0 atom stereocenters. The number of hydrogen-bond acceptors (Lipinski definition) is 5. The third-order valence-electron chi connectivity index (χ3n) is 3.56. The molecule has 0 bridgehead atoms. The quantitative estimate of drug-likeness (QED) is 0.384. The predicted octanol–water partition coefficient (Wildman–Crippen LogP) is 4.87. The van der Waals surface area contributed by atoms with Crippen molar-refractivity contribution in [2.24, 2.45) is 5.10 Å². The number of nitriles is 1. The zero-order valence-corrected chi connectivity index (χ0v) is 17.5. The standard InChI is InChI=1S/C20H13Br2N3O3/c21-15-3-1-13(2-4-15)19-8-6-17(28-19)11-24-25-20(26)12-27-18-7-5-16(22)9-14(18)10-23/h1-9,11H,12H2,(H,25,26)/b24-11+. The Morgan fingerprint density at radius 3 is 2.64 bits per heavy atom. The smallest absolute Gasteiger partial charge is 0.277 e. The molecular weight excluding hydrogens is 490 g/mol. The maximum absolute atomic E-state index is 11.9. The van der Waals surface area contributed by atoms with Crippen LogP contribution in [0.5, 0.6) is 5.75 Å². The number of halogens is 2. The Morgan fingerprint density at radius 2 is 1.89 bits per heavy atom. The first-order valence-electron chi connectivity index (χ1n) is 8.05. The number of hydrogen-bond donors (Lipinski definition) is 1. The minimum Gasteiger partial charge on any atom is -0.482 e. The molecule has 6 nitrogen and oxygen atoms in total. The van der Waals surface area contributed by atoms with Gasteiger partial charge in [-0.1, -0.05) is 44.0 Å². The molecule has 0 spiro atoms. The van der Waals surface area contributed by atoms with Gasteiger partial charge in [0, 0.05) is 14.5 Å². The monoisotopic (exact) mass is 501 g/mol. The molecule has 0 fully saturated rings. The summed E-state index contributed by atoms with van der Waals surface area (Å²) in [6.07, 6.45) is 1.40. The van der Waals surface area contributed by atoms with Crippen molar-refractivity contribution in [1.82, 2.24) is 5.43 Å². The van der Waals surface area contributed by atoms with Crippen LogP contribution in [0.1, 0.15) is 11.3 Å². The normalized spacial score (nSPS) is 10.6. The summed E-state index contributed by atoms with van der Waals surface area (Å²) in [5.41, 5.74) is 3.62. The minimum atomic E-state index is -0.456. The molecule has 140 valence electrons. The highest BCUT2D eigenvalue weighted by molar-refractivity contribution is 9.10. The highest BCUT2D eigenvalue weighted by atomic mass is 79.9. The summed E-state index contributed by atoms with van der Waals surface area (Å²) in [7, 11) is 0. The topological polar surface area (TPSA) is 87.6 Å². The zero-order valence-electron chi connectivity index (χ0n) is 14.4. The highest BCUT2D eigenvalue weighted by Gasteiger charge is 2.07. The Kier molecular flexibility index (Phi) is 6.63. The van der Waals surface area contributed by atoms with Crippen LogP contribution in [0, 0.1) is 11.3 Å². The first-order valence-corrected chi connectivity index (χ1v) is 9.64. The second-order valence-corrected chi connectivity index (χ2v) is 7.37. The molecule has 3 rings (SSSR count). The van der Waals surface area contributed by atoms with E-state index < -0.39 is 5.91 Å². The van der Waals surface area contributed by atoms with Gasteiger partial charge in [0.05, 0.1) is 11.8 Å². The van der Waals surface area contributed by atoms with E-state index in [2.05, 4.69) is 42.4 Å². The lowest BCUT2D eigenvalue weighted by Crippen LogP contribution is -2.24. The van der Waals surface area contributed by atoms with E-state index in [0.29, 0.717) is 22.8 Å². The number of hydrazone groups is 1. The van der Waals surface area contributed by atoms with Crippen LogP contribution in [-0.2, 0) is 4.79 Å². The zero-order chi connectivity index (χ0) is 19.9. The first-order chi connectivity index (χ1) is 13.5. The van der Waals surface area contributed by atoms with Crippen molar-refractivity contribution in [2.45, 2.75) is 0 Å². The molecule has 0 aliphatic heterocycles. The maximum atomic E-state index is 11.9. The van der Waals surface area contributed by atoms with Crippen molar-refractivity contribution < 1.29 is 13.9 Å². The van der Waals surface area contributed by atoms with E-state index in [4.69, 9.17) is 14.4 Å². The van der Waals surface area contributed by atoms with Gasteiger partial charge in [-0.25, -0.2) is 5.43 Å². The van der Waals surface area contributed by atoms with Crippen LogP contribution in [0.2, 0.25) is 0 Å². The molecule has 3 aromatic rings. The SMILES string of the molecule is N#Cc1cc(Br)ccc1OCC(=O)N/N=C/c1ccc(-c2ccc(Br)cc2)o1. The van der Waals surface area contributed by atoms with E-state index in [1.54, 1.807) is 24.3 Å². The summed E-state index contributed by atoms with van der Waals surface area (Å²) in [6.45, 7) is -0.268. The largest absolute Gasteiger partial charge is 0.482 e. The van der Waals surface area contributed by atoms with Crippen LogP contribution < -0.4 is 10.2 Å². The summed E-state index contributed by atoms with van der Waals surface area (Å²) in [4.78, 5) is 11.9. The van der Waals surface area contributed by atoms with Crippen LogP contribution in [-0.4, -0.2) is 18.7 Å². The van der Waals surface area contributed by atoms with Gasteiger partial charge >= 0.3 is 0 Å². The van der Waals surface area contributed by atoms with Crippen molar-refractivity contribution in [2.75, 3.05) is 6.61 Å². The van der Waals surface area contributed by atoms with Gasteiger partial charge in [-0.05, 0) is 42.5 Å². The highest BCUT2D eigenvalue weighted by Crippen LogP contribution is 2.24. The van der Waals surface area contributed by atoms with E-state index in [1.165, 1.54) is 6.21 Å². The number of nitrogens with one attached hydrogen (secondary N) is 1. The molecular formula is C20H13Br2N3O3. The Hall–Kier alpha value is -2.89. The van der Waals surface area contributed by atoms with Gasteiger partial charge in [0.1, 0.15) is 23.3 Å². The number of nitrogens with zero attached hydrogens (tertiary/aromatic N) is 2. The molecule has 1 aromatic heterocycles. The summed E-state index contributed by atoms with van der Waals surface area (Å²) in [6, 6.07) is 18.3. The molecule has 0 radical (unpaired) electrons. The second kappa shape index (κ2) is 9.35. The lowest BCUT2D eigenvalue weighted by Gasteiger charge is -2.06. The van der Waals surface area contributed by atoms with E-state index >= 15 is 0 Å². The number of benzene rings is 2. The van der Waals surface area contributed by atoms with E-state index in [9.17, 15) is 4.79 Å². The van der Waals surface area contributed by atoms with Gasteiger partial charge in [0.2, 0.25) is 0 Å². The van der Waals surface area contributed by atoms with Gasteiger partial charge in [-0.3, -0.25) is 4.79 Å². The third-order valence-corrected chi connectivity index (χ3v) is 4.58. The Morgan fingerprint density at radius 1 is 1.14 bits per heavy atom. The fraction of sp³-hybridized carbons (Fsp3) is 0.0500. The van der Waals surface area contributed by atoms with Crippen molar-refractivity contribution in [3.05, 3.63) is 74.9 Å². The fourth-order valence-electron chi connectivity index (χ4n) is 2.25. The average Bonchev–Trinajstić information content (AvgIpc) is 3.16. The summed E-state index contributed by atoms with van der Waals surface area (Å²) < 4.78 is 12.8. The van der Waals surface area contributed by atoms with Crippen molar-refractivity contribution >= 4 is 44.0 Å². The molecule has 1 heterocycles. The summed E-state index contributed by atoms with van der Waals surface area (Å²) >= 11 is 6.67. The molecule has 2 aromatic carbocycles. The molecule has 1 amide bonds. The van der Waals surface area contributed by atoms with Crippen molar-refractivity contribution in [1.29, 1.82) is 5.26 Å². The van der Waals surface area contributed by atoms with Gasteiger partial charge < -0.3 is 9.15 Å². The van der Waals surface area contributed by atoms with Gasteiger partial charge in [0.25, 0.3) is 5.91 Å². The first kappa shape index (κ1) is 19.9. The lowest BCUT2D eigenvalue weighted by molar-refractivity contribution is -0.123. The van der Waals surface area contributed by atoms with Crippen molar-refractivity contribution in [3.8, 4) is 23.1 Å². The van der Waals surface area contributed by atoms with Crippen LogP contribution in [0.4, 0.5) is 0 Å². The minimum absolute atomic E-state index is 0.268. The molecule has 0 saturated carbocycles. The van der Waals surface area contributed by atoms with E-state index in [1.807, 2.05) is 36.4 Å². The molecule has 0 saturated heterocycles. The van der Waals surface area contributed by atoms with Crippen LogP contribution in [0.3, 0.4) is 0 Å². The van der Waals surface area contributed by atoms with Gasteiger partial charge in [-0.15, -0.1) is 0 Å². The number of carbonyl (C=O) groups is 1. The number of amides is 1. The average molecular weight is 503 g/mol. The number of ether oxygens (including phenoxy) is 1. The number of carbonyl (C=O) groups excluding carboxylic acids is 1. The summed E-state index contributed by atoms with van der Waals surface area (Å²) in [5, 5.41) is 12.9. The lowest BCUT2D eigenvalue weighted by atomic mass is 10.2. The summed E-state index contributed by atoms with van der Waals surface area (Å²) in [5.74, 6) is 1.07. The Balaban J connectivity index is 1.53. The molecule has 0 aliphatic rings. The number of furan rings is 1. The molecule has 1 N–H and O–H groups in total. The van der Waals surface area contributed by atoms with E-state index in [0.717, 1.165) is 14.5 Å². The third kappa shape index (κ3) is 5.31. The fourth-order valence-corrected chi connectivity index (χ4v) is 2.88. The Labute approximate surface area is 178 Å². The second-order valence-electron chi connectivity index (χ2n) is 5.54. The van der Waals surface area contributed by atoms with Crippen LogP contribution in [0.25, 0.3) is 11.3 Å². The molecule has 8 heteroatoms. The molecule has 0 unspecified atom stereocenters. The maximum Gasteiger partial charge on any atom is 0.277 e.